The number of hydrogen-bond donors (Lipinski definition) is 1. The zero-order valence-electron chi connectivity index (χ0n) is 13.1. The first kappa shape index (κ1) is 15.4. The van der Waals surface area contributed by atoms with Crippen molar-refractivity contribution in [3.8, 4) is 11.5 Å². The van der Waals surface area contributed by atoms with Gasteiger partial charge in [-0.05, 0) is 23.3 Å². The van der Waals surface area contributed by atoms with Crippen LogP contribution in [0.3, 0.4) is 0 Å². The quantitative estimate of drug-likeness (QED) is 0.918. The molecule has 0 spiro atoms. The van der Waals surface area contributed by atoms with Crippen molar-refractivity contribution < 1.29 is 14.3 Å². The van der Waals surface area contributed by atoms with Gasteiger partial charge in [-0.15, -0.1) is 0 Å². The first-order valence-electron chi connectivity index (χ1n) is 7.57. The standard InChI is InChI=1S/C18H20N2O3/c1-20(11-13-7-8-16-17(9-13)23-12-22-16)18(21)15(10-19)14-5-3-2-4-6-14/h2-9,15H,10-12,19H2,1H3. The van der Waals surface area contributed by atoms with Crippen LogP contribution in [0.1, 0.15) is 17.0 Å². The van der Waals surface area contributed by atoms with E-state index in [-0.39, 0.29) is 25.2 Å². The van der Waals surface area contributed by atoms with Gasteiger partial charge in [-0.3, -0.25) is 4.79 Å². The van der Waals surface area contributed by atoms with Crippen molar-refractivity contribution in [2.75, 3.05) is 20.4 Å². The zero-order valence-corrected chi connectivity index (χ0v) is 13.1. The van der Waals surface area contributed by atoms with Crippen LogP contribution in [0, 0.1) is 0 Å². The first-order valence-corrected chi connectivity index (χ1v) is 7.57. The van der Waals surface area contributed by atoms with Crippen molar-refractivity contribution in [2.24, 2.45) is 5.73 Å². The van der Waals surface area contributed by atoms with Gasteiger partial charge in [0.15, 0.2) is 11.5 Å². The third-order valence-corrected chi connectivity index (χ3v) is 3.97. The van der Waals surface area contributed by atoms with E-state index in [4.69, 9.17) is 15.2 Å². The highest BCUT2D eigenvalue weighted by Gasteiger charge is 2.23. The van der Waals surface area contributed by atoms with Crippen molar-refractivity contribution in [1.82, 2.24) is 4.90 Å². The number of fused-ring (bicyclic) bond motifs is 1. The maximum atomic E-state index is 12.7. The summed E-state index contributed by atoms with van der Waals surface area (Å²) in [6.07, 6.45) is 0. The van der Waals surface area contributed by atoms with E-state index in [2.05, 4.69) is 0 Å². The van der Waals surface area contributed by atoms with Crippen LogP contribution in [0.4, 0.5) is 0 Å². The van der Waals surface area contributed by atoms with Crippen molar-refractivity contribution in [3.63, 3.8) is 0 Å². The van der Waals surface area contributed by atoms with Gasteiger partial charge in [-0.2, -0.15) is 0 Å². The van der Waals surface area contributed by atoms with Crippen LogP contribution >= 0.6 is 0 Å². The molecule has 1 atom stereocenters. The highest BCUT2D eigenvalue weighted by molar-refractivity contribution is 5.83. The monoisotopic (exact) mass is 312 g/mol. The summed E-state index contributed by atoms with van der Waals surface area (Å²) in [4.78, 5) is 14.4. The van der Waals surface area contributed by atoms with Crippen LogP contribution in [-0.2, 0) is 11.3 Å². The summed E-state index contributed by atoms with van der Waals surface area (Å²) in [5, 5.41) is 0. The molecule has 2 aromatic carbocycles. The summed E-state index contributed by atoms with van der Waals surface area (Å²) < 4.78 is 10.7. The first-order chi connectivity index (χ1) is 11.2. The number of nitrogens with two attached hydrogens (primary N) is 1. The number of hydrogen-bond acceptors (Lipinski definition) is 4. The Kier molecular flexibility index (Phi) is 4.48. The normalized spacial score (nSPS) is 13.7. The van der Waals surface area contributed by atoms with E-state index in [0.29, 0.717) is 6.54 Å². The SMILES string of the molecule is CN(Cc1ccc2c(c1)OCO2)C(=O)C(CN)c1ccccc1. The Balaban J connectivity index is 1.72. The summed E-state index contributed by atoms with van der Waals surface area (Å²) in [6, 6.07) is 15.4. The van der Waals surface area contributed by atoms with Gasteiger partial charge in [-0.1, -0.05) is 36.4 Å². The Hall–Kier alpha value is -2.53. The van der Waals surface area contributed by atoms with Gasteiger partial charge in [0, 0.05) is 20.1 Å². The molecule has 5 nitrogen and oxygen atoms in total. The van der Waals surface area contributed by atoms with Crippen LogP contribution in [0.5, 0.6) is 11.5 Å². The third-order valence-electron chi connectivity index (χ3n) is 3.97. The Morgan fingerprint density at radius 3 is 2.65 bits per heavy atom. The van der Waals surface area contributed by atoms with Gasteiger partial charge in [0.2, 0.25) is 12.7 Å². The zero-order chi connectivity index (χ0) is 16.2. The molecule has 0 fully saturated rings. The number of carbonyl (C=O) groups excluding carboxylic acids is 1. The van der Waals surface area contributed by atoms with Crippen LogP contribution in [0.15, 0.2) is 48.5 Å². The fourth-order valence-corrected chi connectivity index (χ4v) is 2.72. The topological polar surface area (TPSA) is 64.8 Å². The van der Waals surface area contributed by atoms with Gasteiger partial charge < -0.3 is 20.1 Å². The molecule has 1 heterocycles. The summed E-state index contributed by atoms with van der Waals surface area (Å²) in [6.45, 7) is 1.03. The van der Waals surface area contributed by atoms with E-state index < -0.39 is 0 Å². The predicted octanol–water partition coefficient (Wildman–Crippen LogP) is 2.12. The number of likely N-dealkylation sites (N-methyl/N-ethyl adjacent to an activating group) is 1. The Morgan fingerprint density at radius 1 is 1.17 bits per heavy atom. The van der Waals surface area contributed by atoms with Gasteiger partial charge >= 0.3 is 0 Å². The minimum atomic E-state index is -0.324. The second kappa shape index (κ2) is 6.71. The fourth-order valence-electron chi connectivity index (χ4n) is 2.72. The largest absolute Gasteiger partial charge is 0.454 e. The summed E-state index contributed by atoms with van der Waals surface area (Å²) in [5.41, 5.74) is 7.76. The summed E-state index contributed by atoms with van der Waals surface area (Å²) >= 11 is 0. The fraction of sp³-hybridized carbons (Fsp3) is 0.278. The molecular formula is C18H20N2O3. The summed E-state index contributed by atoms with van der Waals surface area (Å²) in [5.74, 6) is 1.15. The number of rotatable bonds is 5. The average molecular weight is 312 g/mol. The lowest BCUT2D eigenvalue weighted by Crippen LogP contribution is -2.34. The van der Waals surface area contributed by atoms with E-state index in [1.807, 2.05) is 48.5 Å². The molecule has 1 aliphatic rings. The highest BCUT2D eigenvalue weighted by atomic mass is 16.7. The van der Waals surface area contributed by atoms with Gasteiger partial charge in [-0.25, -0.2) is 0 Å². The van der Waals surface area contributed by atoms with Crippen molar-refractivity contribution in [3.05, 3.63) is 59.7 Å². The lowest BCUT2D eigenvalue weighted by molar-refractivity contribution is -0.131. The minimum absolute atomic E-state index is 0.0105. The van der Waals surface area contributed by atoms with E-state index in [1.165, 1.54) is 0 Å². The Morgan fingerprint density at radius 2 is 1.91 bits per heavy atom. The number of amides is 1. The van der Waals surface area contributed by atoms with Crippen LogP contribution < -0.4 is 15.2 Å². The molecule has 1 amide bonds. The molecule has 0 aliphatic carbocycles. The molecule has 5 heteroatoms. The number of nitrogens with zero attached hydrogens (tertiary/aromatic N) is 1. The molecule has 2 aromatic rings. The van der Waals surface area contributed by atoms with Gasteiger partial charge in [0.05, 0.1) is 5.92 Å². The maximum Gasteiger partial charge on any atom is 0.231 e. The second-order valence-electron chi connectivity index (χ2n) is 5.58. The molecule has 3 rings (SSSR count). The molecule has 1 aliphatic heterocycles. The number of benzene rings is 2. The highest BCUT2D eigenvalue weighted by Crippen LogP contribution is 2.32. The number of ether oxygens (including phenoxy) is 2. The summed E-state index contributed by atoms with van der Waals surface area (Å²) in [7, 11) is 1.79. The van der Waals surface area contributed by atoms with E-state index >= 15 is 0 Å². The Bertz CT molecular complexity index is 688. The van der Waals surface area contributed by atoms with Gasteiger partial charge in [0.25, 0.3) is 0 Å². The molecule has 2 N–H and O–H groups in total. The van der Waals surface area contributed by atoms with E-state index in [0.717, 1.165) is 22.6 Å². The van der Waals surface area contributed by atoms with Crippen molar-refractivity contribution in [1.29, 1.82) is 0 Å². The molecular weight excluding hydrogens is 292 g/mol. The van der Waals surface area contributed by atoms with E-state index in [1.54, 1.807) is 11.9 Å². The average Bonchev–Trinajstić information content (AvgIpc) is 3.04. The van der Waals surface area contributed by atoms with Crippen molar-refractivity contribution >= 4 is 5.91 Å². The molecule has 120 valence electrons. The number of carbonyl (C=O) groups is 1. The predicted molar refractivity (Wildman–Crippen MR) is 87.3 cm³/mol. The molecule has 0 saturated carbocycles. The van der Waals surface area contributed by atoms with Crippen molar-refractivity contribution in [2.45, 2.75) is 12.5 Å². The Labute approximate surface area is 135 Å². The molecule has 0 bridgehead atoms. The van der Waals surface area contributed by atoms with Crippen LogP contribution in [0.2, 0.25) is 0 Å². The second-order valence-corrected chi connectivity index (χ2v) is 5.58. The van der Waals surface area contributed by atoms with Crippen LogP contribution in [-0.4, -0.2) is 31.2 Å². The third kappa shape index (κ3) is 3.29. The molecule has 1 unspecified atom stereocenters. The lowest BCUT2D eigenvalue weighted by atomic mass is 9.97. The minimum Gasteiger partial charge on any atom is -0.454 e. The maximum absolute atomic E-state index is 12.7. The molecule has 0 saturated heterocycles. The van der Waals surface area contributed by atoms with E-state index in [9.17, 15) is 4.79 Å². The smallest absolute Gasteiger partial charge is 0.231 e. The molecule has 23 heavy (non-hydrogen) atoms. The lowest BCUT2D eigenvalue weighted by Gasteiger charge is -2.23. The van der Waals surface area contributed by atoms with Crippen LogP contribution in [0.25, 0.3) is 0 Å². The molecule has 0 aromatic heterocycles. The van der Waals surface area contributed by atoms with Gasteiger partial charge in [0.1, 0.15) is 0 Å². The molecule has 0 radical (unpaired) electrons.